The number of aliphatic hydroxyl groups is 1. The van der Waals surface area contributed by atoms with Gasteiger partial charge in [0.15, 0.2) is 0 Å². The Balaban J connectivity index is 1.54. The van der Waals surface area contributed by atoms with E-state index in [1.807, 2.05) is 0 Å². The molecule has 0 aliphatic heterocycles. The van der Waals surface area contributed by atoms with Crippen LogP contribution in [0.4, 0.5) is 4.39 Å². The fraction of sp³-hybridized carbons (Fsp3) is 0.500. The van der Waals surface area contributed by atoms with Crippen LogP contribution < -0.4 is 5.32 Å². The first kappa shape index (κ1) is 17.5. The van der Waals surface area contributed by atoms with Crippen LogP contribution in [0, 0.1) is 18.7 Å². The van der Waals surface area contributed by atoms with Gasteiger partial charge in [0.05, 0.1) is 0 Å². The molecule has 7 heteroatoms. The Bertz CT molecular complexity index is 743. The average Bonchev–Trinajstić information content (AvgIpc) is 3.33. The van der Waals surface area contributed by atoms with E-state index in [9.17, 15) is 9.18 Å². The molecule has 0 radical (unpaired) electrons. The maximum atomic E-state index is 13.6. The number of carbonyl (C=O) groups is 1. The third kappa shape index (κ3) is 4.63. The van der Waals surface area contributed by atoms with E-state index >= 15 is 0 Å². The van der Waals surface area contributed by atoms with Gasteiger partial charge in [-0.1, -0.05) is 17.3 Å². The van der Waals surface area contributed by atoms with Crippen molar-refractivity contribution in [3.63, 3.8) is 0 Å². The lowest BCUT2D eigenvalue weighted by atomic mass is 10.1. The third-order valence-corrected chi connectivity index (χ3v) is 4.44. The molecule has 1 saturated carbocycles. The maximum Gasteiger partial charge on any atom is 0.227 e. The summed E-state index contributed by atoms with van der Waals surface area (Å²) < 4.78 is 18.8. The number of hydrogen-bond donors (Lipinski definition) is 2. The highest BCUT2D eigenvalue weighted by molar-refractivity contribution is 5.76. The van der Waals surface area contributed by atoms with Crippen molar-refractivity contribution < 1.29 is 18.8 Å². The third-order valence-electron chi connectivity index (χ3n) is 4.44. The van der Waals surface area contributed by atoms with Gasteiger partial charge in [-0.3, -0.25) is 4.79 Å². The van der Waals surface area contributed by atoms with Crippen molar-refractivity contribution in [2.45, 2.75) is 45.1 Å². The number of rotatable bonds is 8. The largest absolute Gasteiger partial charge is 0.396 e. The van der Waals surface area contributed by atoms with E-state index in [1.54, 1.807) is 19.1 Å². The smallest absolute Gasteiger partial charge is 0.227 e. The highest BCUT2D eigenvalue weighted by Gasteiger charge is 2.31. The number of nitrogens with zero attached hydrogens (tertiary/aromatic N) is 2. The van der Waals surface area contributed by atoms with Gasteiger partial charge >= 0.3 is 0 Å². The van der Waals surface area contributed by atoms with Crippen molar-refractivity contribution in [2.24, 2.45) is 5.92 Å². The summed E-state index contributed by atoms with van der Waals surface area (Å²) in [6, 6.07) is 4.81. The first-order chi connectivity index (χ1) is 12.1. The highest BCUT2D eigenvalue weighted by Crippen LogP contribution is 2.33. The van der Waals surface area contributed by atoms with Gasteiger partial charge in [0.25, 0.3) is 0 Å². The number of nitrogens with one attached hydrogen (secondary N) is 1. The molecule has 0 spiro atoms. The predicted octanol–water partition coefficient (Wildman–Crippen LogP) is 2.39. The van der Waals surface area contributed by atoms with E-state index in [1.165, 1.54) is 6.07 Å². The van der Waals surface area contributed by atoms with Gasteiger partial charge < -0.3 is 14.9 Å². The molecule has 1 atom stereocenters. The van der Waals surface area contributed by atoms with E-state index in [4.69, 9.17) is 9.63 Å². The Labute approximate surface area is 145 Å². The lowest BCUT2D eigenvalue weighted by Crippen LogP contribution is -2.37. The van der Waals surface area contributed by atoms with E-state index < -0.39 is 0 Å². The standard InChI is InChI=1S/C18H22FN3O3/c1-11-2-3-13(10-14(11)19)18-21-17(25-22-18)7-6-16(24)20-15(8-9-23)12-4-5-12/h2-3,10,12,15,23H,4-9H2,1H3,(H,20,24). The van der Waals surface area contributed by atoms with Crippen molar-refractivity contribution in [1.29, 1.82) is 0 Å². The summed E-state index contributed by atoms with van der Waals surface area (Å²) in [6.07, 6.45) is 3.35. The molecule has 1 aromatic carbocycles. The Kier molecular flexibility index (Phi) is 5.43. The van der Waals surface area contributed by atoms with Crippen molar-refractivity contribution in [2.75, 3.05) is 6.61 Å². The summed E-state index contributed by atoms with van der Waals surface area (Å²) in [6.45, 7) is 1.76. The number of aryl methyl sites for hydroxylation is 2. The molecule has 1 aliphatic rings. The summed E-state index contributed by atoms with van der Waals surface area (Å²) in [5, 5.41) is 15.9. The monoisotopic (exact) mass is 347 g/mol. The maximum absolute atomic E-state index is 13.6. The normalized spacial score (nSPS) is 15.2. The van der Waals surface area contributed by atoms with E-state index in [0.29, 0.717) is 41.6 Å². The van der Waals surface area contributed by atoms with Gasteiger partial charge in [-0.15, -0.1) is 0 Å². The second-order valence-electron chi connectivity index (χ2n) is 6.50. The fourth-order valence-electron chi connectivity index (χ4n) is 2.77. The molecular weight excluding hydrogens is 325 g/mol. The van der Waals surface area contributed by atoms with Crippen LogP contribution >= 0.6 is 0 Å². The van der Waals surface area contributed by atoms with Crippen LogP contribution in [-0.4, -0.2) is 33.8 Å². The van der Waals surface area contributed by atoms with Crippen LogP contribution in [0.25, 0.3) is 11.4 Å². The summed E-state index contributed by atoms with van der Waals surface area (Å²) >= 11 is 0. The number of benzene rings is 1. The molecule has 2 aromatic rings. The second kappa shape index (κ2) is 7.74. The minimum atomic E-state index is -0.321. The minimum Gasteiger partial charge on any atom is -0.396 e. The topological polar surface area (TPSA) is 88.2 Å². The van der Waals surface area contributed by atoms with Crippen LogP contribution in [0.2, 0.25) is 0 Å². The summed E-state index contributed by atoms with van der Waals surface area (Å²) in [4.78, 5) is 16.3. The van der Waals surface area contributed by atoms with Gasteiger partial charge in [0, 0.05) is 31.1 Å². The van der Waals surface area contributed by atoms with Crippen molar-refractivity contribution in [3.8, 4) is 11.4 Å². The van der Waals surface area contributed by atoms with Crippen molar-refractivity contribution in [1.82, 2.24) is 15.5 Å². The minimum absolute atomic E-state index is 0.0475. The Morgan fingerprint density at radius 2 is 2.28 bits per heavy atom. The van der Waals surface area contributed by atoms with Crippen LogP contribution in [0.15, 0.2) is 22.7 Å². The number of aliphatic hydroxyl groups excluding tert-OH is 1. The molecule has 1 heterocycles. The van der Waals surface area contributed by atoms with E-state index in [2.05, 4.69) is 15.5 Å². The molecule has 2 N–H and O–H groups in total. The summed E-state index contributed by atoms with van der Waals surface area (Å²) in [7, 11) is 0. The molecule has 0 saturated heterocycles. The van der Waals surface area contributed by atoms with E-state index in [0.717, 1.165) is 12.8 Å². The molecular formula is C18H22FN3O3. The van der Waals surface area contributed by atoms with Crippen LogP contribution in [-0.2, 0) is 11.2 Å². The van der Waals surface area contributed by atoms with Gasteiger partial charge in [0.2, 0.25) is 17.6 Å². The molecule has 3 rings (SSSR count). The molecule has 1 aromatic heterocycles. The zero-order valence-electron chi connectivity index (χ0n) is 14.2. The van der Waals surface area contributed by atoms with Gasteiger partial charge in [-0.05, 0) is 43.7 Å². The van der Waals surface area contributed by atoms with Gasteiger partial charge in [-0.2, -0.15) is 4.98 Å². The number of halogens is 1. The number of amides is 1. The molecule has 1 amide bonds. The Morgan fingerprint density at radius 3 is 2.96 bits per heavy atom. The Hall–Kier alpha value is -2.28. The van der Waals surface area contributed by atoms with Crippen molar-refractivity contribution >= 4 is 5.91 Å². The first-order valence-electron chi connectivity index (χ1n) is 8.56. The molecule has 1 fully saturated rings. The van der Waals surface area contributed by atoms with Gasteiger partial charge in [-0.25, -0.2) is 4.39 Å². The summed E-state index contributed by atoms with van der Waals surface area (Å²) in [5.41, 5.74) is 1.09. The molecule has 1 aliphatic carbocycles. The number of hydrogen-bond acceptors (Lipinski definition) is 5. The van der Waals surface area contributed by atoms with Crippen LogP contribution in [0.1, 0.15) is 37.1 Å². The predicted molar refractivity (Wildman–Crippen MR) is 89.1 cm³/mol. The molecule has 25 heavy (non-hydrogen) atoms. The number of aromatic nitrogens is 2. The zero-order chi connectivity index (χ0) is 17.8. The fourth-order valence-corrected chi connectivity index (χ4v) is 2.77. The lowest BCUT2D eigenvalue weighted by molar-refractivity contribution is -0.122. The zero-order valence-corrected chi connectivity index (χ0v) is 14.2. The van der Waals surface area contributed by atoms with Crippen LogP contribution in [0.3, 0.4) is 0 Å². The highest BCUT2D eigenvalue weighted by atomic mass is 19.1. The number of carbonyl (C=O) groups excluding carboxylic acids is 1. The molecule has 134 valence electrons. The van der Waals surface area contributed by atoms with Gasteiger partial charge in [0.1, 0.15) is 5.82 Å². The SMILES string of the molecule is Cc1ccc(-c2noc(CCC(=O)NC(CCO)C3CC3)n2)cc1F. The first-order valence-corrected chi connectivity index (χ1v) is 8.56. The summed E-state index contributed by atoms with van der Waals surface area (Å²) in [5.74, 6) is 0.731. The molecule has 1 unspecified atom stereocenters. The lowest BCUT2D eigenvalue weighted by Gasteiger charge is -2.16. The Morgan fingerprint density at radius 1 is 1.48 bits per heavy atom. The second-order valence-corrected chi connectivity index (χ2v) is 6.50. The van der Waals surface area contributed by atoms with E-state index in [-0.39, 0.29) is 30.8 Å². The average molecular weight is 347 g/mol. The quantitative estimate of drug-likeness (QED) is 0.765. The molecule has 6 nitrogen and oxygen atoms in total. The van der Waals surface area contributed by atoms with Crippen molar-refractivity contribution in [3.05, 3.63) is 35.5 Å². The van der Waals surface area contributed by atoms with Crippen LogP contribution in [0.5, 0.6) is 0 Å². The molecule has 0 bridgehead atoms.